The van der Waals surface area contributed by atoms with E-state index in [0.717, 1.165) is 41.9 Å². The third-order valence-electron chi connectivity index (χ3n) is 7.21. The molecular weight excluding hydrogens is 494 g/mol. The van der Waals surface area contributed by atoms with Gasteiger partial charge in [-0.2, -0.15) is 5.10 Å². The molecule has 3 aromatic rings. The van der Waals surface area contributed by atoms with Gasteiger partial charge in [0, 0.05) is 36.0 Å². The van der Waals surface area contributed by atoms with Gasteiger partial charge in [0.05, 0.1) is 31.7 Å². The number of amides is 2. The fourth-order valence-electron chi connectivity index (χ4n) is 5.03. The minimum Gasteiger partial charge on any atom is -0.493 e. The summed E-state index contributed by atoms with van der Waals surface area (Å²) < 4.78 is 11.9. The van der Waals surface area contributed by atoms with E-state index in [1.54, 1.807) is 19.2 Å². The molecule has 0 saturated heterocycles. The Morgan fingerprint density at radius 3 is 2.56 bits per heavy atom. The van der Waals surface area contributed by atoms with Crippen molar-refractivity contribution in [3.8, 4) is 11.5 Å². The van der Waals surface area contributed by atoms with Gasteiger partial charge in [-0.25, -0.2) is 9.99 Å². The molecule has 0 spiro atoms. The molecule has 1 unspecified atom stereocenters. The molecule has 1 aliphatic carbocycles. The molecule has 2 aliphatic rings. The lowest BCUT2D eigenvalue weighted by Crippen LogP contribution is -2.36. The number of methoxy groups -OCH3 is 1. The second-order valence-corrected chi connectivity index (χ2v) is 9.88. The van der Waals surface area contributed by atoms with Crippen molar-refractivity contribution < 1.29 is 19.1 Å². The van der Waals surface area contributed by atoms with E-state index in [0.29, 0.717) is 24.4 Å². The van der Waals surface area contributed by atoms with Gasteiger partial charge in [-0.05, 0) is 68.0 Å². The predicted molar refractivity (Wildman–Crippen MR) is 148 cm³/mol. The van der Waals surface area contributed by atoms with E-state index in [1.807, 2.05) is 30.3 Å². The zero-order valence-electron chi connectivity index (χ0n) is 22.3. The van der Waals surface area contributed by atoms with Crippen LogP contribution in [0.15, 0.2) is 66.2 Å². The van der Waals surface area contributed by atoms with Gasteiger partial charge in [0.15, 0.2) is 11.5 Å². The first kappa shape index (κ1) is 26.3. The van der Waals surface area contributed by atoms with Gasteiger partial charge in [0.2, 0.25) is 5.91 Å². The molecule has 9 heteroatoms. The molecule has 2 heterocycles. The Hall–Kier alpha value is -4.27. The smallest absolute Gasteiger partial charge is 0.275 e. The highest BCUT2D eigenvalue weighted by Crippen LogP contribution is 2.34. The van der Waals surface area contributed by atoms with Crippen molar-refractivity contribution in [2.75, 3.05) is 12.4 Å². The number of ether oxygens (including phenoxy) is 2. The molecule has 202 valence electrons. The molecule has 9 nitrogen and oxygen atoms in total. The second-order valence-electron chi connectivity index (χ2n) is 9.88. The van der Waals surface area contributed by atoms with E-state index in [1.165, 1.54) is 36.4 Å². The lowest BCUT2D eigenvalue weighted by atomic mass is 9.89. The molecule has 1 atom stereocenters. The number of carbonyl (C=O) groups is 2. The van der Waals surface area contributed by atoms with Crippen LogP contribution < -0.4 is 14.8 Å². The van der Waals surface area contributed by atoms with Crippen LogP contribution in [0.5, 0.6) is 11.5 Å². The van der Waals surface area contributed by atoms with Crippen molar-refractivity contribution >= 4 is 23.2 Å². The summed E-state index contributed by atoms with van der Waals surface area (Å²) in [4.78, 5) is 33.3. The number of hydrogen-bond acceptors (Lipinski definition) is 7. The summed E-state index contributed by atoms with van der Waals surface area (Å²) >= 11 is 0. The highest BCUT2D eigenvalue weighted by molar-refractivity contribution is 6.06. The van der Waals surface area contributed by atoms with Crippen LogP contribution in [0.25, 0.3) is 0 Å². The number of rotatable bonds is 9. The van der Waals surface area contributed by atoms with Gasteiger partial charge in [-0.1, -0.05) is 19.1 Å². The van der Waals surface area contributed by atoms with Crippen LogP contribution in [-0.4, -0.2) is 45.7 Å². The first-order chi connectivity index (χ1) is 19.0. The fraction of sp³-hybridized carbons (Fsp3) is 0.367. The van der Waals surface area contributed by atoms with Gasteiger partial charge in [0.1, 0.15) is 5.69 Å². The SMILES string of the molecule is CCC1CC(=O)N(Cc2ccc(NC(=O)c3cnccn3)cc2)N=C1c1ccc(OC)c(OC2CCCC2)c1. The van der Waals surface area contributed by atoms with Crippen molar-refractivity contribution in [3.63, 3.8) is 0 Å². The number of hydrogen-bond donors (Lipinski definition) is 1. The molecular formula is C30H33N5O4. The molecule has 1 N–H and O–H groups in total. The highest BCUT2D eigenvalue weighted by atomic mass is 16.5. The van der Waals surface area contributed by atoms with Crippen LogP contribution in [0.4, 0.5) is 5.69 Å². The summed E-state index contributed by atoms with van der Waals surface area (Å²) in [7, 11) is 1.65. The Morgan fingerprint density at radius 1 is 1.08 bits per heavy atom. The Balaban J connectivity index is 1.33. The molecule has 0 radical (unpaired) electrons. The van der Waals surface area contributed by atoms with E-state index in [2.05, 4.69) is 22.2 Å². The normalized spacial score (nSPS) is 17.6. The number of aromatic nitrogens is 2. The maximum absolute atomic E-state index is 13.0. The summed E-state index contributed by atoms with van der Waals surface area (Å²) in [6.07, 6.45) is 10.3. The largest absolute Gasteiger partial charge is 0.493 e. The molecule has 5 rings (SSSR count). The number of hydrazone groups is 1. The fourth-order valence-corrected chi connectivity index (χ4v) is 5.03. The van der Waals surface area contributed by atoms with Crippen LogP contribution in [0.3, 0.4) is 0 Å². The van der Waals surface area contributed by atoms with E-state index in [9.17, 15) is 9.59 Å². The van der Waals surface area contributed by atoms with Gasteiger partial charge in [-0.3, -0.25) is 14.6 Å². The maximum atomic E-state index is 13.0. The summed E-state index contributed by atoms with van der Waals surface area (Å²) in [5, 5.41) is 9.19. The predicted octanol–water partition coefficient (Wildman–Crippen LogP) is 5.22. The Labute approximate surface area is 228 Å². The van der Waals surface area contributed by atoms with Crippen molar-refractivity contribution in [2.24, 2.45) is 11.0 Å². The van der Waals surface area contributed by atoms with Crippen molar-refractivity contribution in [3.05, 3.63) is 77.9 Å². The van der Waals surface area contributed by atoms with E-state index in [-0.39, 0.29) is 29.5 Å². The summed E-state index contributed by atoms with van der Waals surface area (Å²) in [6, 6.07) is 13.3. The Kier molecular flexibility index (Phi) is 8.15. The van der Waals surface area contributed by atoms with Crippen LogP contribution in [0.1, 0.15) is 67.1 Å². The van der Waals surface area contributed by atoms with Crippen LogP contribution in [0.2, 0.25) is 0 Å². The Morgan fingerprint density at radius 2 is 1.87 bits per heavy atom. The Bertz CT molecular complexity index is 1340. The van der Waals surface area contributed by atoms with Gasteiger partial charge in [-0.15, -0.1) is 0 Å². The molecule has 1 aromatic heterocycles. The molecule has 0 bridgehead atoms. The zero-order chi connectivity index (χ0) is 27.2. The van der Waals surface area contributed by atoms with Crippen molar-refractivity contribution in [2.45, 2.75) is 58.1 Å². The minimum atomic E-state index is -0.335. The first-order valence-corrected chi connectivity index (χ1v) is 13.4. The highest BCUT2D eigenvalue weighted by Gasteiger charge is 2.30. The second kappa shape index (κ2) is 12.1. The lowest BCUT2D eigenvalue weighted by molar-refractivity contribution is -0.133. The molecule has 1 aliphatic heterocycles. The minimum absolute atomic E-state index is 0.0124. The number of benzene rings is 2. The third kappa shape index (κ3) is 6.25. The standard InChI is InChI=1S/C30H33N5O4/c1-3-21-17-28(36)35(19-20-8-11-23(12-9-20)33-30(37)25-18-31-14-15-32-25)34-29(21)22-10-13-26(38-2)27(16-22)39-24-6-4-5-7-24/h8-16,18,21,24H,3-7,17,19H2,1-2H3,(H,33,37). The number of nitrogens with zero attached hydrogens (tertiary/aromatic N) is 4. The van der Waals surface area contributed by atoms with Gasteiger partial charge in [0.25, 0.3) is 5.91 Å². The molecule has 2 aromatic carbocycles. The average Bonchev–Trinajstić information content (AvgIpc) is 3.48. The lowest BCUT2D eigenvalue weighted by Gasteiger charge is -2.29. The van der Waals surface area contributed by atoms with Crippen LogP contribution in [-0.2, 0) is 11.3 Å². The van der Waals surface area contributed by atoms with Crippen molar-refractivity contribution in [1.29, 1.82) is 0 Å². The van der Waals surface area contributed by atoms with Crippen LogP contribution in [0, 0.1) is 5.92 Å². The average molecular weight is 528 g/mol. The summed E-state index contributed by atoms with van der Waals surface area (Å²) in [6.45, 7) is 2.41. The number of nitrogens with one attached hydrogen (secondary N) is 1. The van der Waals surface area contributed by atoms with Gasteiger partial charge >= 0.3 is 0 Å². The monoisotopic (exact) mass is 527 g/mol. The van der Waals surface area contributed by atoms with E-state index >= 15 is 0 Å². The maximum Gasteiger partial charge on any atom is 0.275 e. The zero-order valence-corrected chi connectivity index (χ0v) is 22.3. The summed E-state index contributed by atoms with van der Waals surface area (Å²) in [5.74, 6) is 1.11. The molecule has 1 saturated carbocycles. The molecule has 2 amide bonds. The quantitative estimate of drug-likeness (QED) is 0.409. The summed E-state index contributed by atoms with van der Waals surface area (Å²) in [5.41, 5.74) is 3.59. The van der Waals surface area contributed by atoms with Crippen molar-refractivity contribution in [1.82, 2.24) is 15.0 Å². The van der Waals surface area contributed by atoms with Crippen LogP contribution >= 0.6 is 0 Å². The molecule has 1 fully saturated rings. The third-order valence-corrected chi connectivity index (χ3v) is 7.21. The van der Waals surface area contributed by atoms with Gasteiger partial charge < -0.3 is 14.8 Å². The molecule has 39 heavy (non-hydrogen) atoms. The topological polar surface area (TPSA) is 106 Å². The number of carbonyl (C=O) groups excluding carboxylic acids is 2. The first-order valence-electron chi connectivity index (χ1n) is 13.4. The van der Waals surface area contributed by atoms with E-state index in [4.69, 9.17) is 14.6 Å². The van der Waals surface area contributed by atoms with E-state index < -0.39 is 0 Å². The number of anilines is 1.